The first kappa shape index (κ1) is 29.1. The summed E-state index contributed by atoms with van der Waals surface area (Å²) < 4.78 is 20.0. The van der Waals surface area contributed by atoms with Gasteiger partial charge in [-0.15, -0.1) is 11.3 Å². The number of amidine groups is 1. The summed E-state index contributed by atoms with van der Waals surface area (Å²) in [6, 6.07) is 3.24. The van der Waals surface area contributed by atoms with Crippen LogP contribution in [-0.2, 0) is 14.3 Å². The highest BCUT2D eigenvalue weighted by atomic mass is 35.5. The Bertz CT molecular complexity index is 1550. The molecular formula is C29H30ClFN6O5S. The standard InChI is InChI=1S/C29H30ClFN6O5S/c1-2-42-28(40)22-21(33-25(26-32-8-11-43-26)34-24(22)19-4-3-5-20(31)23(19)30)15-35-9-10-36-18(13-35)14-37(29(36)41)17-7-6-16(12-17)27(38)39/h3-5,8,11,13,16-17,24H,2,6-7,9-10,12,14-15H2,1H3,(H,33,34)(H,38,39)/t16-,17+,24?/m1/s1. The number of carboxylic acids is 1. The van der Waals surface area contributed by atoms with E-state index >= 15 is 0 Å². The van der Waals surface area contributed by atoms with Gasteiger partial charge in [-0.2, -0.15) is 0 Å². The number of carboxylic acid groups (broad SMARTS) is 1. The maximum atomic E-state index is 14.6. The number of ether oxygens (including phenoxy) is 1. The first-order valence-corrected chi connectivity index (χ1v) is 15.3. The Kier molecular flexibility index (Phi) is 8.10. The van der Waals surface area contributed by atoms with Gasteiger partial charge in [-0.25, -0.2) is 19.0 Å². The molecule has 1 saturated carbocycles. The lowest BCUT2D eigenvalue weighted by Crippen LogP contribution is -2.44. The van der Waals surface area contributed by atoms with E-state index in [1.165, 1.54) is 23.5 Å². The number of rotatable bonds is 8. The smallest absolute Gasteiger partial charge is 0.338 e. The molecule has 0 spiro atoms. The van der Waals surface area contributed by atoms with Crippen molar-refractivity contribution in [2.75, 3.05) is 32.8 Å². The van der Waals surface area contributed by atoms with Crippen LogP contribution in [0.2, 0.25) is 5.02 Å². The van der Waals surface area contributed by atoms with E-state index in [4.69, 9.17) is 21.3 Å². The molecule has 1 aromatic carbocycles. The van der Waals surface area contributed by atoms with Gasteiger partial charge >= 0.3 is 18.0 Å². The van der Waals surface area contributed by atoms with Crippen molar-refractivity contribution in [2.45, 2.75) is 38.3 Å². The van der Waals surface area contributed by atoms with E-state index in [1.807, 2.05) is 16.5 Å². The van der Waals surface area contributed by atoms with Crippen LogP contribution in [0.15, 0.2) is 57.9 Å². The van der Waals surface area contributed by atoms with Gasteiger partial charge in [-0.3, -0.25) is 14.7 Å². The van der Waals surface area contributed by atoms with Gasteiger partial charge < -0.3 is 25.0 Å². The van der Waals surface area contributed by atoms with Crippen molar-refractivity contribution in [3.8, 4) is 0 Å². The van der Waals surface area contributed by atoms with Gasteiger partial charge in [-0.05, 0) is 32.3 Å². The Hall–Kier alpha value is -3.97. The number of carbonyl (C=O) groups excluding carboxylic acids is 2. The maximum absolute atomic E-state index is 14.6. The number of nitrogens with zero attached hydrogens (tertiary/aromatic N) is 5. The number of urea groups is 1. The van der Waals surface area contributed by atoms with Crippen molar-refractivity contribution in [1.29, 1.82) is 0 Å². The average molecular weight is 629 g/mol. The lowest BCUT2D eigenvalue weighted by molar-refractivity contribution is -0.141. The Morgan fingerprint density at radius 1 is 1.28 bits per heavy atom. The van der Waals surface area contributed by atoms with Gasteiger partial charge in [-0.1, -0.05) is 23.7 Å². The second-order valence-electron chi connectivity index (χ2n) is 10.8. The molecule has 0 bridgehead atoms. The van der Waals surface area contributed by atoms with E-state index in [0.29, 0.717) is 61.0 Å². The van der Waals surface area contributed by atoms with E-state index in [2.05, 4.69) is 10.3 Å². The summed E-state index contributed by atoms with van der Waals surface area (Å²) in [5.41, 5.74) is 1.86. The summed E-state index contributed by atoms with van der Waals surface area (Å²) in [7, 11) is 0. The summed E-state index contributed by atoms with van der Waals surface area (Å²) in [6.07, 6.45) is 5.23. The van der Waals surface area contributed by atoms with Crippen molar-refractivity contribution >= 4 is 46.7 Å². The summed E-state index contributed by atoms with van der Waals surface area (Å²) in [4.78, 5) is 52.8. The monoisotopic (exact) mass is 628 g/mol. The molecule has 6 rings (SSSR count). The molecule has 1 saturated heterocycles. The molecule has 2 fully saturated rings. The van der Waals surface area contributed by atoms with Crippen LogP contribution in [0.4, 0.5) is 9.18 Å². The molecular weight excluding hydrogens is 599 g/mol. The quantitative estimate of drug-likeness (QED) is 0.420. The predicted molar refractivity (Wildman–Crippen MR) is 157 cm³/mol. The first-order valence-electron chi connectivity index (χ1n) is 14.1. The summed E-state index contributed by atoms with van der Waals surface area (Å²) >= 11 is 7.77. The lowest BCUT2D eigenvalue weighted by Gasteiger charge is -2.34. The minimum absolute atomic E-state index is 0.108. The third-order valence-electron chi connectivity index (χ3n) is 8.19. The Balaban J connectivity index is 1.32. The van der Waals surface area contributed by atoms with Gasteiger partial charge in [0.25, 0.3) is 0 Å². The minimum Gasteiger partial charge on any atom is -0.481 e. The number of aliphatic imine (C=N–C) groups is 1. The van der Waals surface area contributed by atoms with Crippen LogP contribution in [0.3, 0.4) is 0 Å². The molecule has 14 heteroatoms. The zero-order chi connectivity index (χ0) is 30.2. The second kappa shape index (κ2) is 12.0. The highest BCUT2D eigenvalue weighted by Crippen LogP contribution is 2.38. The van der Waals surface area contributed by atoms with E-state index in [9.17, 15) is 23.9 Å². The van der Waals surface area contributed by atoms with Crippen molar-refractivity contribution < 1.29 is 28.6 Å². The van der Waals surface area contributed by atoms with Gasteiger partial charge in [0.05, 0.1) is 41.9 Å². The highest BCUT2D eigenvalue weighted by molar-refractivity contribution is 7.11. The Morgan fingerprint density at radius 2 is 2.12 bits per heavy atom. The highest BCUT2D eigenvalue weighted by Gasteiger charge is 2.43. The largest absolute Gasteiger partial charge is 0.481 e. The molecule has 2 aromatic rings. The minimum atomic E-state index is -0.945. The van der Waals surface area contributed by atoms with Gasteiger partial charge in [0, 0.05) is 48.2 Å². The van der Waals surface area contributed by atoms with Crippen LogP contribution >= 0.6 is 22.9 Å². The number of carbonyl (C=O) groups is 3. The molecule has 1 aromatic heterocycles. The van der Waals surface area contributed by atoms with E-state index in [1.54, 1.807) is 29.0 Å². The van der Waals surface area contributed by atoms with Crippen LogP contribution in [0, 0.1) is 11.7 Å². The van der Waals surface area contributed by atoms with Gasteiger partial charge in [0.2, 0.25) is 0 Å². The zero-order valence-corrected chi connectivity index (χ0v) is 24.9. The number of nitrogens with one attached hydrogen (secondary N) is 1. The van der Waals surface area contributed by atoms with Crippen LogP contribution in [-0.4, -0.2) is 87.4 Å². The molecule has 1 unspecified atom stereocenters. The number of thiazole rings is 1. The SMILES string of the molecule is CCOC(=O)C1=C(CN2C=C3CN([C@H]4CC[C@@H](C(=O)O)C4)C(=O)N3CC2)NC(c2nccs2)=NC1c1cccc(F)c1Cl. The number of halogens is 2. The summed E-state index contributed by atoms with van der Waals surface area (Å²) in [5.74, 6) is -2.05. The fraction of sp³-hybridized carbons (Fsp3) is 0.414. The van der Waals surface area contributed by atoms with E-state index in [-0.39, 0.29) is 35.8 Å². The molecule has 226 valence electrons. The molecule has 3 atom stereocenters. The maximum Gasteiger partial charge on any atom is 0.338 e. The number of fused-ring (bicyclic) bond motifs is 1. The molecule has 1 aliphatic carbocycles. The second-order valence-corrected chi connectivity index (χ2v) is 12.0. The summed E-state index contributed by atoms with van der Waals surface area (Å²) in [5, 5.41) is 15.0. The number of hydrogen-bond acceptors (Lipinski definition) is 9. The van der Waals surface area contributed by atoms with Crippen molar-refractivity contribution in [3.63, 3.8) is 0 Å². The predicted octanol–water partition coefficient (Wildman–Crippen LogP) is 3.99. The normalized spacial score (nSPS) is 23.7. The van der Waals surface area contributed by atoms with Gasteiger partial charge in [0.15, 0.2) is 10.8 Å². The molecule has 4 aliphatic rings. The third kappa shape index (κ3) is 5.58. The van der Waals surface area contributed by atoms with Crippen molar-refractivity contribution in [1.82, 2.24) is 25.0 Å². The number of amides is 2. The lowest BCUT2D eigenvalue weighted by atomic mass is 9.95. The number of aromatic nitrogens is 1. The first-order chi connectivity index (χ1) is 20.7. The molecule has 3 aliphatic heterocycles. The zero-order valence-electron chi connectivity index (χ0n) is 23.3. The Labute approximate surface area is 256 Å². The number of hydrogen-bond donors (Lipinski definition) is 2. The van der Waals surface area contributed by atoms with E-state index < -0.39 is 29.7 Å². The topological polar surface area (TPSA) is 128 Å². The number of esters is 1. The average Bonchev–Trinajstić information content (AvgIpc) is 3.75. The molecule has 2 amide bonds. The van der Waals surface area contributed by atoms with Crippen LogP contribution in [0.5, 0.6) is 0 Å². The molecule has 2 N–H and O–H groups in total. The Morgan fingerprint density at radius 3 is 2.84 bits per heavy atom. The van der Waals surface area contributed by atoms with E-state index in [0.717, 1.165) is 5.70 Å². The molecule has 11 nitrogen and oxygen atoms in total. The molecule has 0 radical (unpaired) electrons. The third-order valence-corrected chi connectivity index (χ3v) is 9.37. The summed E-state index contributed by atoms with van der Waals surface area (Å²) in [6.45, 7) is 3.40. The molecule has 43 heavy (non-hydrogen) atoms. The van der Waals surface area contributed by atoms with Crippen LogP contribution in [0.25, 0.3) is 0 Å². The van der Waals surface area contributed by atoms with Gasteiger partial charge in [0.1, 0.15) is 11.9 Å². The fourth-order valence-electron chi connectivity index (χ4n) is 6.11. The van der Waals surface area contributed by atoms with Crippen LogP contribution < -0.4 is 5.32 Å². The molecule has 4 heterocycles. The van der Waals surface area contributed by atoms with Crippen LogP contribution in [0.1, 0.15) is 42.8 Å². The van der Waals surface area contributed by atoms with Crippen molar-refractivity contribution in [3.05, 3.63) is 74.4 Å². The van der Waals surface area contributed by atoms with Crippen molar-refractivity contribution in [2.24, 2.45) is 10.9 Å². The number of aliphatic carboxylic acids is 1. The fourth-order valence-corrected chi connectivity index (χ4v) is 6.93. The number of benzene rings is 1.